The van der Waals surface area contributed by atoms with E-state index in [4.69, 9.17) is 5.26 Å². The van der Waals surface area contributed by atoms with Crippen LogP contribution in [0.3, 0.4) is 0 Å². The Labute approximate surface area is 212 Å². The molecule has 1 radical (unpaired) electrons. The zero-order valence-electron chi connectivity index (χ0n) is 18.3. The Bertz CT molecular complexity index is 1430. The second kappa shape index (κ2) is 10.9. The van der Waals surface area contributed by atoms with Gasteiger partial charge in [-0.2, -0.15) is 0 Å². The van der Waals surface area contributed by atoms with E-state index in [2.05, 4.69) is 50.9 Å². The van der Waals surface area contributed by atoms with E-state index >= 15 is 0 Å². The standard InChI is InChI=1S/C18H11N2.C11H9N2.Ir/c19-13-14-5-4-8-17(11-14)18-12-16(9-10-20-18)15-6-2-1-3-7-15;1-2-4-10-9(3-1)5-7-13-8-6-12-11(10)13;/h1-10,12H;1-3,6,8H,5,7H2;/q2*-1;. The zero-order valence-corrected chi connectivity index (χ0v) is 20.7. The number of imidazole rings is 1. The first-order chi connectivity index (χ1) is 16.3. The van der Waals surface area contributed by atoms with Gasteiger partial charge in [-0.1, -0.05) is 47.5 Å². The second-order valence-corrected chi connectivity index (χ2v) is 7.65. The van der Waals surface area contributed by atoms with Crippen LogP contribution >= 0.6 is 0 Å². The fourth-order valence-corrected chi connectivity index (χ4v) is 3.92. The van der Waals surface area contributed by atoms with E-state index < -0.39 is 0 Å². The van der Waals surface area contributed by atoms with Gasteiger partial charge in [-0.25, -0.2) is 5.26 Å². The van der Waals surface area contributed by atoms with E-state index in [1.807, 2.05) is 67.0 Å². The largest absolute Gasteiger partial charge is 0.371 e. The van der Waals surface area contributed by atoms with Crippen molar-refractivity contribution in [1.29, 1.82) is 5.26 Å². The summed E-state index contributed by atoms with van der Waals surface area (Å²) < 4.78 is 2.18. The van der Waals surface area contributed by atoms with Crippen LogP contribution in [0.15, 0.2) is 97.5 Å². The summed E-state index contributed by atoms with van der Waals surface area (Å²) in [4.78, 5) is 8.70. The molecule has 3 heterocycles. The number of aromatic nitrogens is 3. The van der Waals surface area contributed by atoms with Crippen molar-refractivity contribution in [3.63, 3.8) is 0 Å². The average molecular weight is 617 g/mol. The van der Waals surface area contributed by atoms with E-state index in [-0.39, 0.29) is 20.1 Å². The number of nitriles is 1. The Morgan fingerprint density at radius 3 is 2.62 bits per heavy atom. The second-order valence-electron chi connectivity index (χ2n) is 7.65. The van der Waals surface area contributed by atoms with E-state index in [9.17, 15) is 0 Å². The fourth-order valence-electron chi connectivity index (χ4n) is 3.92. The summed E-state index contributed by atoms with van der Waals surface area (Å²) >= 11 is 0. The van der Waals surface area contributed by atoms with Crippen molar-refractivity contribution >= 4 is 0 Å². The molecular formula is C29H20IrN4-2. The summed E-state index contributed by atoms with van der Waals surface area (Å²) in [5.41, 5.74) is 6.96. The minimum Gasteiger partial charge on any atom is -0.371 e. The van der Waals surface area contributed by atoms with Crippen molar-refractivity contribution in [1.82, 2.24) is 14.5 Å². The molecule has 0 N–H and O–H groups in total. The van der Waals surface area contributed by atoms with Crippen LogP contribution in [-0.4, -0.2) is 14.5 Å². The number of nitrogens with zero attached hydrogens (tertiary/aromatic N) is 4. The maximum Gasteiger partial charge on any atom is 0.0560 e. The Morgan fingerprint density at radius 2 is 1.76 bits per heavy atom. The van der Waals surface area contributed by atoms with Crippen LogP contribution in [0.1, 0.15) is 11.1 Å². The van der Waals surface area contributed by atoms with Gasteiger partial charge in [-0.05, 0) is 29.7 Å². The molecule has 0 fully saturated rings. The van der Waals surface area contributed by atoms with Crippen LogP contribution in [0.4, 0.5) is 0 Å². The molecule has 1 aliphatic rings. The predicted molar refractivity (Wildman–Crippen MR) is 129 cm³/mol. The molecule has 0 aliphatic carbocycles. The molecular weight excluding hydrogens is 597 g/mol. The van der Waals surface area contributed by atoms with Gasteiger partial charge < -0.3 is 4.57 Å². The Kier molecular flexibility index (Phi) is 7.44. The average Bonchev–Trinajstić information content (AvgIpc) is 3.39. The molecule has 0 saturated heterocycles. The minimum atomic E-state index is 0. The van der Waals surface area contributed by atoms with E-state index in [0.717, 1.165) is 41.2 Å². The Balaban J connectivity index is 0.000000169. The molecule has 167 valence electrons. The van der Waals surface area contributed by atoms with E-state index in [1.165, 1.54) is 11.1 Å². The molecule has 0 spiro atoms. The molecule has 0 bridgehead atoms. The molecule has 6 rings (SSSR count). The molecule has 34 heavy (non-hydrogen) atoms. The summed E-state index contributed by atoms with van der Waals surface area (Å²) in [6.07, 6.45) is 6.75. The third-order valence-electron chi connectivity index (χ3n) is 5.56. The molecule has 0 atom stereocenters. The van der Waals surface area contributed by atoms with E-state index in [1.54, 1.807) is 12.3 Å². The number of hydrogen-bond acceptors (Lipinski definition) is 3. The fraction of sp³-hybridized carbons (Fsp3) is 0.0690. The summed E-state index contributed by atoms with van der Waals surface area (Å²) in [5, 5.41) is 8.94. The monoisotopic (exact) mass is 617 g/mol. The molecule has 5 aromatic rings. The molecule has 4 nitrogen and oxygen atoms in total. The summed E-state index contributed by atoms with van der Waals surface area (Å²) in [6, 6.07) is 34.2. The van der Waals surface area contributed by atoms with Gasteiger partial charge >= 0.3 is 0 Å². The molecule has 0 unspecified atom stereocenters. The number of aryl methyl sites for hydroxylation is 2. The third-order valence-corrected chi connectivity index (χ3v) is 5.56. The molecule has 2 aromatic heterocycles. The van der Waals surface area contributed by atoms with Crippen molar-refractivity contribution in [3.05, 3.63) is 121 Å². The Morgan fingerprint density at radius 1 is 0.882 bits per heavy atom. The molecule has 1 aliphatic heterocycles. The van der Waals surface area contributed by atoms with Crippen LogP contribution in [0, 0.1) is 23.5 Å². The zero-order chi connectivity index (χ0) is 22.5. The van der Waals surface area contributed by atoms with E-state index in [0.29, 0.717) is 5.56 Å². The van der Waals surface area contributed by atoms with Crippen LogP contribution in [0.2, 0.25) is 0 Å². The number of pyridine rings is 1. The summed E-state index contributed by atoms with van der Waals surface area (Å²) in [6.45, 7) is 1.04. The van der Waals surface area contributed by atoms with Gasteiger partial charge in [0.15, 0.2) is 0 Å². The molecule has 0 amide bonds. The van der Waals surface area contributed by atoms with Crippen molar-refractivity contribution in [2.45, 2.75) is 13.0 Å². The van der Waals surface area contributed by atoms with Crippen molar-refractivity contribution in [2.75, 3.05) is 0 Å². The van der Waals surface area contributed by atoms with Crippen LogP contribution in [-0.2, 0) is 33.1 Å². The van der Waals surface area contributed by atoms with Gasteiger partial charge in [0, 0.05) is 50.9 Å². The first kappa shape index (κ1) is 23.3. The van der Waals surface area contributed by atoms with Gasteiger partial charge in [0.1, 0.15) is 0 Å². The number of hydrogen-bond donors (Lipinski definition) is 0. The van der Waals surface area contributed by atoms with Gasteiger partial charge in [0.2, 0.25) is 0 Å². The quantitative estimate of drug-likeness (QED) is 0.229. The molecule has 5 heteroatoms. The number of benzene rings is 3. The van der Waals surface area contributed by atoms with Gasteiger partial charge in [-0.15, -0.1) is 59.7 Å². The first-order valence-electron chi connectivity index (χ1n) is 10.8. The maximum atomic E-state index is 8.94. The normalized spacial score (nSPS) is 11.0. The summed E-state index contributed by atoms with van der Waals surface area (Å²) in [7, 11) is 0. The molecule has 0 saturated carbocycles. The van der Waals surface area contributed by atoms with Crippen molar-refractivity contribution < 1.29 is 20.1 Å². The van der Waals surface area contributed by atoms with Gasteiger partial charge in [0.25, 0.3) is 0 Å². The van der Waals surface area contributed by atoms with Gasteiger partial charge in [0.05, 0.1) is 5.82 Å². The topological polar surface area (TPSA) is 54.5 Å². The SMILES string of the molecule is N#Cc1[c-]c(-c2cc(-c3ccccc3)ccn2)ccc1.[Ir].[c-]1cccc2c1-c1nccn1CC2. The van der Waals surface area contributed by atoms with Crippen LogP contribution in [0.5, 0.6) is 0 Å². The van der Waals surface area contributed by atoms with Crippen LogP contribution in [0.25, 0.3) is 33.8 Å². The third kappa shape index (κ3) is 5.05. The number of rotatable bonds is 2. The van der Waals surface area contributed by atoms with Crippen molar-refractivity contribution in [3.8, 4) is 39.8 Å². The first-order valence-corrected chi connectivity index (χ1v) is 10.8. The molecule has 3 aromatic carbocycles. The Hall–Kier alpha value is -3.84. The van der Waals surface area contributed by atoms with Crippen LogP contribution < -0.4 is 0 Å². The number of fused-ring (bicyclic) bond motifs is 3. The smallest absolute Gasteiger partial charge is 0.0560 e. The van der Waals surface area contributed by atoms with Gasteiger partial charge in [-0.3, -0.25) is 9.97 Å². The predicted octanol–water partition coefficient (Wildman–Crippen LogP) is 5.99. The maximum absolute atomic E-state index is 8.94. The van der Waals surface area contributed by atoms with Crippen molar-refractivity contribution in [2.24, 2.45) is 0 Å². The minimum absolute atomic E-state index is 0. The summed E-state index contributed by atoms with van der Waals surface area (Å²) in [5.74, 6) is 1.06.